The van der Waals surface area contributed by atoms with Crippen molar-refractivity contribution in [1.82, 2.24) is 0 Å². The van der Waals surface area contributed by atoms with E-state index in [0.717, 1.165) is 0 Å². The molecule has 0 amide bonds. The van der Waals surface area contributed by atoms with Crippen LogP contribution in [0.2, 0.25) is 0 Å². The molecule has 0 bridgehead atoms. The van der Waals surface area contributed by atoms with Gasteiger partial charge in [0, 0.05) is 6.54 Å². The molecule has 0 aliphatic rings. The van der Waals surface area contributed by atoms with Gasteiger partial charge in [-0.15, -0.1) is 12.4 Å². The Morgan fingerprint density at radius 3 is 2.10 bits per heavy atom. The Kier molecular flexibility index (Phi) is 6.59. The van der Waals surface area contributed by atoms with E-state index in [-0.39, 0.29) is 12.4 Å². The summed E-state index contributed by atoms with van der Waals surface area (Å²) in [5.74, 6) is -1.81. The van der Waals surface area contributed by atoms with Gasteiger partial charge in [0.15, 0.2) is 6.17 Å². The number of carbonyl (C=O) groups is 1. The SMILES string of the molecule is Cl.NC[C@@H](F)[C@@H](F)C(=O)O. The predicted molar refractivity (Wildman–Crippen MR) is 33.7 cm³/mol. The molecule has 3 nitrogen and oxygen atoms in total. The van der Waals surface area contributed by atoms with Crippen LogP contribution in [0.4, 0.5) is 8.78 Å². The molecular weight excluding hydrogens is 167 g/mol. The van der Waals surface area contributed by atoms with Crippen molar-refractivity contribution in [3.63, 3.8) is 0 Å². The molecule has 6 heteroatoms. The Balaban J connectivity index is 0. The van der Waals surface area contributed by atoms with Crippen molar-refractivity contribution in [1.29, 1.82) is 0 Å². The van der Waals surface area contributed by atoms with Gasteiger partial charge >= 0.3 is 5.97 Å². The largest absolute Gasteiger partial charge is 0.479 e. The maximum absolute atomic E-state index is 11.9. The summed E-state index contributed by atoms with van der Waals surface area (Å²) in [6, 6.07) is 0. The minimum atomic E-state index is -2.49. The highest BCUT2D eigenvalue weighted by atomic mass is 35.5. The summed E-state index contributed by atoms with van der Waals surface area (Å²) in [6.45, 7) is -0.604. The lowest BCUT2D eigenvalue weighted by Crippen LogP contribution is -2.32. The Labute approximate surface area is 62.6 Å². The topological polar surface area (TPSA) is 63.3 Å². The number of hydrogen-bond acceptors (Lipinski definition) is 2. The van der Waals surface area contributed by atoms with Gasteiger partial charge in [-0.2, -0.15) is 0 Å². The first-order valence-electron chi connectivity index (χ1n) is 2.30. The number of alkyl halides is 2. The molecule has 0 aromatic heterocycles. The summed E-state index contributed by atoms with van der Waals surface area (Å²) >= 11 is 0. The van der Waals surface area contributed by atoms with E-state index in [4.69, 9.17) is 5.11 Å². The number of aliphatic carboxylic acids is 1. The first-order valence-corrected chi connectivity index (χ1v) is 2.30. The lowest BCUT2D eigenvalue weighted by molar-refractivity contribution is -0.145. The normalized spacial score (nSPS) is 15.1. The predicted octanol–water partition coefficient (Wildman–Crippen LogP) is 0.128. The highest BCUT2D eigenvalue weighted by molar-refractivity contribution is 5.85. The summed E-state index contributed by atoms with van der Waals surface area (Å²) in [5.41, 5.74) is 4.63. The molecule has 0 aromatic carbocycles. The van der Waals surface area contributed by atoms with E-state index in [1.165, 1.54) is 0 Å². The van der Waals surface area contributed by atoms with Gasteiger partial charge in [0.2, 0.25) is 6.17 Å². The van der Waals surface area contributed by atoms with Crippen LogP contribution in [0, 0.1) is 0 Å². The zero-order valence-corrected chi connectivity index (χ0v) is 5.78. The summed E-state index contributed by atoms with van der Waals surface area (Å²) in [4.78, 5) is 9.63. The Hall–Kier alpha value is -0.420. The van der Waals surface area contributed by atoms with Crippen LogP contribution in [0.1, 0.15) is 0 Å². The zero-order chi connectivity index (χ0) is 7.44. The summed E-state index contributed by atoms with van der Waals surface area (Å²) in [6.07, 6.45) is -4.59. The Morgan fingerprint density at radius 1 is 1.60 bits per heavy atom. The van der Waals surface area contributed by atoms with E-state index < -0.39 is 24.9 Å². The van der Waals surface area contributed by atoms with Gasteiger partial charge in [-0.25, -0.2) is 13.6 Å². The Morgan fingerprint density at radius 2 is 2.00 bits per heavy atom. The molecule has 0 heterocycles. The van der Waals surface area contributed by atoms with Gasteiger partial charge in [0.25, 0.3) is 0 Å². The third-order valence-electron chi connectivity index (χ3n) is 0.779. The molecule has 0 unspecified atom stereocenters. The molecule has 2 atom stereocenters. The molecule has 0 aliphatic heterocycles. The van der Waals surface area contributed by atoms with Crippen molar-refractivity contribution >= 4 is 18.4 Å². The summed E-state index contributed by atoms with van der Waals surface area (Å²) < 4.78 is 23.8. The van der Waals surface area contributed by atoms with Gasteiger partial charge < -0.3 is 10.8 Å². The van der Waals surface area contributed by atoms with Crippen LogP contribution in [-0.2, 0) is 4.79 Å². The van der Waals surface area contributed by atoms with Crippen LogP contribution >= 0.6 is 12.4 Å². The van der Waals surface area contributed by atoms with Crippen molar-refractivity contribution in [3.8, 4) is 0 Å². The molecule has 62 valence electrons. The van der Waals surface area contributed by atoms with Gasteiger partial charge in [-0.3, -0.25) is 0 Å². The number of carboxylic acid groups (broad SMARTS) is 1. The molecular formula is C4H8ClF2NO2. The first-order chi connectivity index (χ1) is 4.09. The average molecular weight is 176 g/mol. The molecule has 0 radical (unpaired) electrons. The van der Waals surface area contributed by atoms with Crippen LogP contribution < -0.4 is 5.73 Å². The van der Waals surface area contributed by atoms with E-state index in [1.807, 2.05) is 0 Å². The van der Waals surface area contributed by atoms with Crippen molar-refractivity contribution in [3.05, 3.63) is 0 Å². The maximum Gasteiger partial charge on any atom is 0.341 e. The first kappa shape index (κ1) is 12.3. The molecule has 0 fully saturated rings. The lowest BCUT2D eigenvalue weighted by Gasteiger charge is -2.04. The van der Waals surface area contributed by atoms with E-state index in [1.54, 1.807) is 0 Å². The van der Waals surface area contributed by atoms with Crippen molar-refractivity contribution < 1.29 is 18.7 Å². The van der Waals surface area contributed by atoms with E-state index in [2.05, 4.69) is 5.73 Å². The summed E-state index contributed by atoms with van der Waals surface area (Å²) in [5, 5.41) is 7.81. The van der Waals surface area contributed by atoms with Crippen LogP contribution in [0.5, 0.6) is 0 Å². The Bertz CT molecular complexity index is 113. The average Bonchev–Trinajstić information content (AvgIpc) is 1.84. The number of nitrogens with two attached hydrogens (primary N) is 1. The fourth-order valence-electron chi connectivity index (χ4n) is 0.274. The molecule has 3 N–H and O–H groups in total. The van der Waals surface area contributed by atoms with Gasteiger partial charge in [0.05, 0.1) is 0 Å². The highest BCUT2D eigenvalue weighted by Gasteiger charge is 2.25. The monoisotopic (exact) mass is 175 g/mol. The minimum Gasteiger partial charge on any atom is -0.479 e. The standard InChI is InChI=1S/C4H7F2NO2.ClH/c5-2(1-7)3(6)4(8)9;/h2-3H,1,7H2,(H,8,9);1H/t2-,3-;/m1./s1. The van der Waals surface area contributed by atoms with Crippen molar-refractivity contribution in [2.75, 3.05) is 6.54 Å². The van der Waals surface area contributed by atoms with E-state index in [9.17, 15) is 13.6 Å². The zero-order valence-electron chi connectivity index (χ0n) is 4.96. The van der Waals surface area contributed by atoms with E-state index >= 15 is 0 Å². The maximum atomic E-state index is 11.9. The van der Waals surface area contributed by atoms with Gasteiger partial charge in [-0.05, 0) is 0 Å². The molecule has 0 spiro atoms. The third-order valence-corrected chi connectivity index (χ3v) is 0.779. The molecule has 0 aromatic rings. The number of halogens is 3. The van der Waals surface area contributed by atoms with Crippen LogP contribution in [0.3, 0.4) is 0 Å². The molecule has 0 saturated heterocycles. The van der Waals surface area contributed by atoms with Crippen molar-refractivity contribution in [2.45, 2.75) is 12.3 Å². The molecule has 10 heavy (non-hydrogen) atoms. The number of rotatable bonds is 3. The number of hydrogen-bond donors (Lipinski definition) is 2. The third kappa shape index (κ3) is 3.58. The van der Waals surface area contributed by atoms with Crippen LogP contribution in [0.25, 0.3) is 0 Å². The van der Waals surface area contributed by atoms with Crippen molar-refractivity contribution in [2.24, 2.45) is 5.73 Å². The minimum absolute atomic E-state index is 0. The van der Waals surface area contributed by atoms with Gasteiger partial charge in [0.1, 0.15) is 0 Å². The van der Waals surface area contributed by atoms with Crippen LogP contribution in [0.15, 0.2) is 0 Å². The van der Waals surface area contributed by atoms with Crippen LogP contribution in [-0.4, -0.2) is 30.0 Å². The second kappa shape index (κ2) is 5.37. The number of carboxylic acids is 1. The smallest absolute Gasteiger partial charge is 0.341 e. The highest BCUT2D eigenvalue weighted by Crippen LogP contribution is 2.01. The molecule has 0 saturated carbocycles. The molecule has 0 aliphatic carbocycles. The quantitative estimate of drug-likeness (QED) is 0.641. The molecule has 0 rings (SSSR count). The second-order valence-electron chi connectivity index (χ2n) is 1.49. The lowest BCUT2D eigenvalue weighted by atomic mass is 10.2. The second-order valence-corrected chi connectivity index (χ2v) is 1.49. The fourth-order valence-corrected chi connectivity index (χ4v) is 0.274. The fraction of sp³-hybridized carbons (Fsp3) is 0.750. The van der Waals surface area contributed by atoms with E-state index in [0.29, 0.717) is 0 Å². The summed E-state index contributed by atoms with van der Waals surface area (Å²) in [7, 11) is 0. The van der Waals surface area contributed by atoms with Gasteiger partial charge in [-0.1, -0.05) is 0 Å².